The van der Waals surface area contributed by atoms with E-state index in [2.05, 4.69) is 27.4 Å². The maximum atomic E-state index is 9.10. The van der Waals surface area contributed by atoms with Crippen LogP contribution in [0.3, 0.4) is 0 Å². The zero-order valence-corrected chi connectivity index (χ0v) is 10.2. The molecule has 0 aliphatic carbocycles. The van der Waals surface area contributed by atoms with E-state index in [1.54, 1.807) is 0 Å². The zero-order valence-electron chi connectivity index (χ0n) is 10.2. The van der Waals surface area contributed by atoms with Crippen molar-refractivity contribution in [2.45, 2.75) is 32.5 Å². The second kappa shape index (κ2) is 4.41. The molecule has 0 aromatic carbocycles. The lowest BCUT2D eigenvalue weighted by Gasteiger charge is -2.23. The molecule has 0 saturated carbocycles. The van der Waals surface area contributed by atoms with Crippen LogP contribution in [0.25, 0.3) is 0 Å². The topological polar surface area (TPSA) is 80.8 Å². The fourth-order valence-electron chi connectivity index (χ4n) is 2.25. The minimum Gasteiger partial charge on any atom is -0.388 e. The average Bonchev–Trinajstić information content (AvgIpc) is 3.04. The van der Waals surface area contributed by atoms with Crippen molar-refractivity contribution in [2.75, 3.05) is 11.9 Å². The highest BCUT2D eigenvalue weighted by Gasteiger charge is 2.25. The van der Waals surface area contributed by atoms with Crippen LogP contribution in [0.5, 0.6) is 0 Å². The lowest BCUT2D eigenvalue weighted by molar-refractivity contribution is 0.270. The van der Waals surface area contributed by atoms with E-state index < -0.39 is 0 Å². The number of aliphatic hydroxyl groups is 1. The van der Waals surface area contributed by atoms with Gasteiger partial charge in [0, 0.05) is 24.8 Å². The summed E-state index contributed by atoms with van der Waals surface area (Å²) in [7, 11) is 0. The smallest absolute Gasteiger partial charge is 0.222 e. The van der Waals surface area contributed by atoms with Gasteiger partial charge in [-0.15, -0.1) is 0 Å². The molecule has 0 saturated heterocycles. The molecule has 0 radical (unpaired) electrons. The molecule has 3 heterocycles. The van der Waals surface area contributed by atoms with Gasteiger partial charge in [-0.05, 0) is 13.3 Å². The van der Waals surface area contributed by atoms with E-state index in [1.165, 1.54) is 0 Å². The number of hydrogen-bond acceptors (Lipinski definition) is 5. The van der Waals surface area contributed by atoms with E-state index in [0.29, 0.717) is 5.82 Å². The Morgan fingerprint density at radius 3 is 3.17 bits per heavy atom. The third kappa shape index (κ3) is 1.76. The number of hydrogen-bond donors (Lipinski definition) is 2. The van der Waals surface area contributed by atoms with E-state index in [-0.39, 0.29) is 12.6 Å². The van der Waals surface area contributed by atoms with E-state index in [1.807, 2.05) is 21.8 Å². The number of nitrogens with one attached hydrogen (secondary N) is 1. The highest BCUT2D eigenvalue weighted by atomic mass is 16.3. The summed E-state index contributed by atoms with van der Waals surface area (Å²) in [4.78, 5) is 4.24. The molecule has 1 atom stereocenters. The van der Waals surface area contributed by atoms with E-state index >= 15 is 0 Å². The van der Waals surface area contributed by atoms with Gasteiger partial charge in [0.1, 0.15) is 6.61 Å². The Morgan fingerprint density at radius 1 is 1.56 bits per heavy atom. The molecule has 18 heavy (non-hydrogen) atoms. The number of fused-ring (bicyclic) bond motifs is 1. The summed E-state index contributed by atoms with van der Waals surface area (Å²) in [5.41, 5.74) is 1.13. The van der Waals surface area contributed by atoms with Crippen molar-refractivity contribution in [3.8, 4) is 0 Å². The zero-order chi connectivity index (χ0) is 12.5. The number of aryl methyl sites for hydroxylation is 1. The van der Waals surface area contributed by atoms with Gasteiger partial charge in [0.2, 0.25) is 5.95 Å². The van der Waals surface area contributed by atoms with Crippen LogP contribution >= 0.6 is 0 Å². The lowest BCUT2D eigenvalue weighted by Crippen LogP contribution is -2.24. The maximum absolute atomic E-state index is 9.10. The van der Waals surface area contributed by atoms with Crippen molar-refractivity contribution in [3.63, 3.8) is 0 Å². The van der Waals surface area contributed by atoms with Gasteiger partial charge in [-0.2, -0.15) is 15.2 Å². The molecule has 1 aliphatic rings. The van der Waals surface area contributed by atoms with Crippen molar-refractivity contribution >= 4 is 5.95 Å². The molecular formula is C11H16N6O. The first-order chi connectivity index (χ1) is 8.81. The number of anilines is 1. The van der Waals surface area contributed by atoms with Gasteiger partial charge < -0.3 is 10.4 Å². The molecule has 2 aromatic rings. The van der Waals surface area contributed by atoms with Crippen LogP contribution in [-0.4, -0.2) is 36.2 Å². The lowest BCUT2D eigenvalue weighted by atomic mass is 10.1. The van der Waals surface area contributed by atoms with Crippen molar-refractivity contribution < 1.29 is 5.11 Å². The molecule has 0 spiro atoms. The maximum Gasteiger partial charge on any atom is 0.222 e. The quantitative estimate of drug-likeness (QED) is 0.821. The standard InChI is InChI=1S/C11H16N6O/c1-2-16-6-8(5-13-16)9-3-4-12-11-14-10(7-18)15-17(9)11/h5-6,9,18H,2-4,7H2,1H3,(H,12,14,15). The van der Waals surface area contributed by atoms with Crippen molar-refractivity contribution in [1.29, 1.82) is 0 Å². The molecule has 7 nitrogen and oxygen atoms in total. The molecule has 2 aromatic heterocycles. The van der Waals surface area contributed by atoms with Crippen LogP contribution in [0.2, 0.25) is 0 Å². The van der Waals surface area contributed by atoms with Crippen LogP contribution < -0.4 is 5.32 Å². The van der Waals surface area contributed by atoms with Crippen LogP contribution in [0.1, 0.15) is 30.8 Å². The first-order valence-corrected chi connectivity index (χ1v) is 6.14. The van der Waals surface area contributed by atoms with Crippen molar-refractivity contribution in [2.24, 2.45) is 0 Å². The molecule has 1 unspecified atom stereocenters. The number of aromatic nitrogens is 5. The van der Waals surface area contributed by atoms with Gasteiger partial charge in [-0.3, -0.25) is 4.68 Å². The minimum absolute atomic E-state index is 0.136. The molecule has 96 valence electrons. The van der Waals surface area contributed by atoms with Gasteiger partial charge >= 0.3 is 0 Å². The summed E-state index contributed by atoms with van der Waals surface area (Å²) >= 11 is 0. The molecule has 2 N–H and O–H groups in total. The van der Waals surface area contributed by atoms with Gasteiger partial charge in [0.25, 0.3) is 0 Å². The first-order valence-electron chi connectivity index (χ1n) is 6.14. The Hall–Kier alpha value is -1.89. The van der Waals surface area contributed by atoms with E-state index in [4.69, 9.17) is 5.11 Å². The first kappa shape index (κ1) is 11.2. The highest BCUT2D eigenvalue weighted by Crippen LogP contribution is 2.27. The molecule has 0 amide bonds. The molecule has 0 bridgehead atoms. The number of rotatable bonds is 3. The summed E-state index contributed by atoms with van der Waals surface area (Å²) in [6.45, 7) is 3.63. The fraction of sp³-hybridized carbons (Fsp3) is 0.545. The van der Waals surface area contributed by atoms with Crippen LogP contribution in [0.15, 0.2) is 12.4 Å². The summed E-state index contributed by atoms with van der Waals surface area (Å²) in [5, 5.41) is 20.9. The summed E-state index contributed by atoms with van der Waals surface area (Å²) in [6, 6.07) is 0.148. The van der Waals surface area contributed by atoms with Crippen LogP contribution in [0, 0.1) is 0 Å². The third-order valence-electron chi connectivity index (χ3n) is 3.17. The second-order valence-electron chi connectivity index (χ2n) is 4.31. The summed E-state index contributed by atoms with van der Waals surface area (Å²) < 4.78 is 3.74. The Morgan fingerprint density at radius 2 is 2.44 bits per heavy atom. The Bertz CT molecular complexity index is 545. The summed E-state index contributed by atoms with van der Waals surface area (Å²) in [5.74, 6) is 1.17. The number of aliphatic hydroxyl groups excluding tert-OH is 1. The third-order valence-corrected chi connectivity index (χ3v) is 3.17. The molecule has 7 heteroatoms. The van der Waals surface area contributed by atoms with Crippen molar-refractivity contribution in [1.82, 2.24) is 24.5 Å². The predicted molar refractivity (Wildman–Crippen MR) is 65.1 cm³/mol. The van der Waals surface area contributed by atoms with Crippen LogP contribution in [-0.2, 0) is 13.2 Å². The van der Waals surface area contributed by atoms with Gasteiger partial charge in [-0.25, -0.2) is 4.68 Å². The van der Waals surface area contributed by atoms with Crippen LogP contribution in [0.4, 0.5) is 5.95 Å². The SMILES string of the molecule is CCn1cc(C2CCNc3nc(CO)nn32)cn1. The molecule has 1 aliphatic heterocycles. The van der Waals surface area contributed by atoms with E-state index in [9.17, 15) is 0 Å². The highest BCUT2D eigenvalue weighted by molar-refractivity contribution is 5.31. The van der Waals surface area contributed by atoms with Crippen molar-refractivity contribution in [3.05, 3.63) is 23.8 Å². The summed E-state index contributed by atoms with van der Waals surface area (Å²) in [6.07, 6.45) is 4.86. The minimum atomic E-state index is -0.136. The fourth-order valence-corrected chi connectivity index (χ4v) is 2.25. The average molecular weight is 248 g/mol. The molecular weight excluding hydrogens is 232 g/mol. The Labute approximate surface area is 104 Å². The largest absolute Gasteiger partial charge is 0.388 e. The Kier molecular flexibility index (Phi) is 2.75. The second-order valence-corrected chi connectivity index (χ2v) is 4.31. The normalized spacial score (nSPS) is 18.4. The monoisotopic (exact) mass is 248 g/mol. The Balaban J connectivity index is 1.97. The predicted octanol–water partition coefficient (Wildman–Crippen LogP) is 0.392. The van der Waals surface area contributed by atoms with Gasteiger partial charge in [0.05, 0.1) is 12.2 Å². The van der Waals surface area contributed by atoms with Gasteiger partial charge in [0.15, 0.2) is 5.82 Å². The molecule has 3 rings (SSSR count). The van der Waals surface area contributed by atoms with Gasteiger partial charge in [-0.1, -0.05) is 0 Å². The molecule has 0 fully saturated rings. The van der Waals surface area contributed by atoms with E-state index in [0.717, 1.165) is 31.0 Å². The number of nitrogens with zero attached hydrogens (tertiary/aromatic N) is 5.